The van der Waals surface area contributed by atoms with E-state index in [1.54, 1.807) is 29.2 Å². The molecule has 3 aromatic carbocycles. The van der Waals surface area contributed by atoms with Crippen molar-refractivity contribution >= 4 is 17.4 Å². The molecular weight excluding hydrogens is 504 g/mol. The fourth-order valence-corrected chi connectivity index (χ4v) is 4.85. The van der Waals surface area contributed by atoms with Gasteiger partial charge in [0.15, 0.2) is 0 Å². The maximum Gasteiger partial charge on any atom is 0.295 e. The maximum absolute atomic E-state index is 13.4. The average Bonchev–Trinajstić information content (AvgIpc) is 3.25. The Kier molecular flexibility index (Phi) is 9.97. The number of Topliss-reactive ketones (excluding diaryl/α,β-unsaturated/α-hetero) is 1. The number of carbonyl (C=O) groups excluding carboxylic acids is 2. The molecule has 0 saturated carbocycles. The lowest BCUT2D eigenvalue weighted by Crippen LogP contribution is -2.38. The van der Waals surface area contributed by atoms with Gasteiger partial charge in [-0.1, -0.05) is 63.2 Å². The van der Waals surface area contributed by atoms with Crippen LogP contribution < -0.4 is 9.47 Å². The van der Waals surface area contributed by atoms with E-state index in [4.69, 9.17) is 9.47 Å². The number of likely N-dealkylation sites (tertiary alicyclic amines) is 1. The van der Waals surface area contributed by atoms with Gasteiger partial charge in [0.05, 0.1) is 18.2 Å². The third-order valence-corrected chi connectivity index (χ3v) is 7.11. The first-order chi connectivity index (χ1) is 19.5. The number of hydrogen-bond acceptors (Lipinski definition) is 6. The quantitative estimate of drug-likeness (QED) is 0.167. The van der Waals surface area contributed by atoms with E-state index in [0.29, 0.717) is 48.9 Å². The van der Waals surface area contributed by atoms with Crippen LogP contribution in [0.25, 0.3) is 5.76 Å². The summed E-state index contributed by atoms with van der Waals surface area (Å²) in [5.74, 6) is -0.210. The molecule has 1 N–H and O–H groups in total. The Morgan fingerprint density at radius 2 is 1.60 bits per heavy atom. The molecule has 1 aliphatic heterocycles. The van der Waals surface area contributed by atoms with Crippen LogP contribution >= 0.6 is 0 Å². The number of aliphatic hydroxyl groups is 1. The summed E-state index contributed by atoms with van der Waals surface area (Å²) in [6.45, 7) is 9.77. The number of aliphatic hydroxyl groups excluding tert-OH is 1. The van der Waals surface area contributed by atoms with E-state index < -0.39 is 17.7 Å². The molecule has 1 amide bonds. The minimum absolute atomic E-state index is 0.0759. The molecular formula is C33H38N2O5. The first kappa shape index (κ1) is 28.9. The molecule has 1 fully saturated rings. The number of hydrogen-bond donors (Lipinski definition) is 1. The van der Waals surface area contributed by atoms with E-state index in [2.05, 4.69) is 18.7 Å². The van der Waals surface area contributed by atoms with E-state index in [9.17, 15) is 14.7 Å². The van der Waals surface area contributed by atoms with Crippen LogP contribution in [-0.2, 0) is 16.2 Å². The predicted molar refractivity (Wildman–Crippen MR) is 156 cm³/mol. The topological polar surface area (TPSA) is 79.3 Å². The number of benzene rings is 3. The summed E-state index contributed by atoms with van der Waals surface area (Å²) in [5.41, 5.74) is 2.26. The Hall–Kier alpha value is -4.10. The molecule has 4 rings (SSSR count). The van der Waals surface area contributed by atoms with Crippen molar-refractivity contribution in [2.75, 3.05) is 32.8 Å². The van der Waals surface area contributed by atoms with Crippen molar-refractivity contribution in [1.29, 1.82) is 0 Å². The van der Waals surface area contributed by atoms with Crippen LogP contribution in [0.4, 0.5) is 0 Å². The molecule has 0 bridgehead atoms. The monoisotopic (exact) mass is 542 g/mol. The summed E-state index contributed by atoms with van der Waals surface area (Å²) in [6.07, 6.45) is 0.882. The number of likely N-dealkylation sites (N-methyl/N-ethyl adjacent to an activating group) is 1. The molecule has 1 saturated heterocycles. The van der Waals surface area contributed by atoms with Gasteiger partial charge in [0.2, 0.25) is 0 Å². The average molecular weight is 543 g/mol. The van der Waals surface area contributed by atoms with Gasteiger partial charge in [-0.05, 0) is 67.0 Å². The van der Waals surface area contributed by atoms with Crippen molar-refractivity contribution in [3.05, 3.63) is 101 Å². The lowest BCUT2D eigenvalue weighted by atomic mass is 9.95. The Morgan fingerprint density at radius 1 is 0.875 bits per heavy atom. The summed E-state index contributed by atoms with van der Waals surface area (Å²) >= 11 is 0. The number of amides is 1. The number of carbonyl (C=O) groups is 2. The van der Waals surface area contributed by atoms with Crippen molar-refractivity contribution < 1.29 is 24.2 Å². The smallest absolute Gasteiger partial charge is 0.295 e. The minimum atomic E-state index is -0.744. The summed E-state index contributed by atoms with van der Waals surface area (Å²) in [5, 5.41) is 11.4. The van der Waals surface area contributed by atoms with Crippen molar-refractivity contribution in [2.45, 2.75) is 39.8 Å². The van der Waals surface area contributed by atoms with Crippen LogP contribution in [0.3, 0.4) is 0 Å². The predicted octanol–water partition coefficient (Wildman–Crippen LogP) is 5.82. The summed E-state index contributed by atoms with van der Waals surface area (Å²) in [7, 11) is 0. The van der Waals surface area contributed by atoms with Crippen LogP contribution in [0.5, 0.6) is 11.5 Å². The molecule has 0 spiro atoms. The van der Waals surface area contributed by atoms with Gasteiger partial charge in [-0.2, -0.15) is 0 Å². The fourth-order valence-electron chi connectivity index (χ4n) is 4.85. The second-order valence-corrected chi connectivity index (χ2v) is 9.74. The summed E-state index contributed by atoms with van der Waals surface area (Å²) < 4.78 is 11.7. The second-order valence-electron chi connectivity index (χ2n) is 9.74. The minimum Gasteiger partial charge on any atom is -0.507 e. The van der Waals surface area contributed by atoms with Gasteiger partial charge >= 0.3 is 0 Å². The van der Waals surface area contributed by atoms with Crippen LogP contribution in [0.15, 0.2) is 84.4 Å². The van der Waals surface area contributed by atoms with Crippen molar-refractivity contribution in [2.24, 2.45) is 0 Å². The Bertz CT molecular complexity index is 1320. The van der Waals surface area contributed by atoms with Gasteiger partial charge in [0.25, 0.3) is 11.7 Å². The van der Waals surface area contributed by atoms with E-state index in [0.717, 1.165) is 25.1 Å². The second kappa shape index (κ2) is 13.8. The molecule has 1 unspecified atom stereocenters. The molecule has 0 aromatic heterocycles. The standard InChI is InChI=1S/C33H38N2O5/c1-4-21-39-27-17-15-25(16-18-27)31(36)29-30(35(33(38)32(29)37)20-19-34(5-2)6-3)26-13-10-14-28(22-26)40-23-24-11-8-7-9-12-24/h7-18,22,30,36H,4-6,19-21,23H2,1-3H3. The van der Waals surface area contributed by atoms with Crippen LogP contribution in [0.1, 0.15) is 49.9 Å². The van der Waals surface area contributed by atoms with Gasteiger partial charge in [0.1, 0.15) is 23.9 Å². The number of ketones is 1. The summed E-state index contributed by atoms with van der Waals surface area (Å²) in [4.78, 5) is 30.5. The lowest BCUT2D eigenvalue weighted by Gasteiger charge is -2.28. The van der Waals surface area contributed by atoms with E-state index in [1.165, 1.54) is 0 Å². The van der Waals surface area contributed by atoms with Crippen LogP contribution in [-0.4, -0.2) is 59.4 Å². The Labute approximate surface area is 236 Å². The zero-order valence-electron chi connectivity index (χ0n) is 23.5. The van der Waals surface area contributed by atoms with Gasteiger partial charge in [-0.25, -0.2) is 0 Å². The molecule has 1 aliphatic rings. The normalized spacial score (nSPS) is 16.5. The largest absolute Gasteiger partial charge is 0.507 e. The maximum atomic E-state index is 13.4. The third kappa shape index (κ3) is 6.72. The highest BCUT2D eigenvalue weighted by Gasteiger charge is 2.46. The van der Waals surface area contributed by atoms with Crippen LogP contribution in [0.2, 0.25) is 0 Å². The van der Waals surface area contributed by atoms with Crippen molar-refractivity contribution in [3.63, 3.8) is 0 Å². The van der Waals surface area contributed by atoms with Gasteiger partial charge in [-0.3, -0.25) is 9.59 Å². The highest BCUT2D eigenvalue weighted by Crippen LogP contribution is 2.40. The molecule has 40 heavy (non-hydrogen) atoms. The van der Waals surface area contributed by atoms with Crippen molar-refractivity contribution in [1.82, 2.24) is 9.80 Å². The first-order valence-corrected chi connectivity index (χ1v) is 14.0. The number of nitrogens with zero attached hydrogens (tertiary/aromatic N) is 2. The Balaban J connectivity index is 1.70. The summed E-state index contributed by atoms with van der Waals surface area (Å²) in [6, 6.07) is 23.5. The zero-order valence-corrected chi connectivity index (χ0v) is 23.5. The van der Waals surface area contributed by atoms with E-state index in [-0.39, 0.29) is 11.3 Å². The number of rotatable bonds is 13. The molecule has 1 atom stereocenters. The van der Waals surface area contributed by atoms with Gasteiger partial charge in [0, 0.05) is 18.7 Å². The highest BCUT2D eigenvalue weighted by atomic mass is 16.5. The van der Waals surface area contributed by atoms with E-state index in [1.807, 2.05) is 61.5 Å². The molecule has 3 aromatic rings. The van der Waals surface area contributed by atoms with E-state index >= 15 is 0 Å². The number of ether oxygens (including phenoxy) is 2. The SMILES string of the molecule is CCCOc1ccc(C(O)=C2C(=O)C(=O)N(CCN(CC)CC)C2c2cccc(OCc3ccccc3)c2)cc1. The van der Waals surface area contributed by atoms with Crippen LogP contribution in [0, 0.1) is 0 Å². The molecule has 1 heterocycles. The fraction of sp³-hybridized carbons (Fsp3) is 0.333. The Morgan fingerprint density at radius 3 is 2.27 bits per heavy atom. The molecule has 0 radical (unpaired) electrons. The first-order valence-electron chi connectivity index (χ1n) is 14.0. The molecule has 0 aliphatic carbocycles. The van der Waals surface area contributed by atoms with Gasteiger partial charge < -0.3 is 24.4 Å². The van der Waals surface area contributed by atoms with Crippen molar-refractivity contribution in [3.8, 4) is 11.5 Å². The zero-order chi connectivity index (χ0) is 28.5. The third-order valence-electron chi connectivity index (χ3n) is 7.11. The molecule has 7 nitrogen and oxygen atoms in total. The molecule has 7 heteroatoms. The lowest BCUT2D eigenvalue weighted by molar-refractivity contribution is -0.140. The van der Waals surface area contributed by atoms with Gasteiger partial charge in [-0.15, -0.1) is 0 Å². The molecule has 210 valence electrons. The highest BCUT2D eigenvalue weighted by molar-refractivity contribution is 6.46.